The van der Waals surface area contributed by atoms with Gasteiger partial charge in [0.1, 0.15) is 0 Å². The van der Waals surface area contributed by atoms with Crippen LogP contribution in [0.15, 0.2) is 24.3 Å². The molecule has 0 unspecified atom stereocenters. The van der Waals surface area contributed by atoms with Gasteiger partial charge in [0.05, 0.1) is 26.4 Å². The number of hydrogen-bond donors (Lipinski definition) is 2. The first-order valence-corrected chi connectivity index (χ1v) is 11.8. The quantitative estimate of drug-likeness (QED) is 0.357. The van der Waals surface area contributed by atoms with E-state index >= 15 is 0 Å². The van der Waals surface area contributed by atoms with Gasteiger partial charge in [-0.05, 0) is 19.8 Å². The summed E-state index contributed by atoms with van der Waals surface area (Å²) in [6.07, 6.45) is 4.49. The fraction of sp³-hybridized carbons (Fsp3) is 0.625. The standard InChI is InChI=1S/C24H40N6O2/c1-4-6-14-30(15-7-5-2)24-28-22(21-10-8-20(3)9-11-21)27-23(29-24)26-13-17-32-19-18-31-16-12-25/h8-11H,4-7,12-19,25H2,1-3H3,(H,26,27,28,29). The largest absolute Gasteiger partial charge is 0.378 e. The summed E-state index contributed by atoms with van der Waals surface area (Å²) in [5.41, 5.74) is 7.60. The normalized spacial score (nSPS) is 11.0. The molecule has 2 aromatic rings. The van der Waals surface area contributed by atoms with Gasteiger partial charge in [-0.15, -0.1) is 0 Å². The van der Waals surface area contributed by atoms with Gasteiger partial charge in [0.15, 0.2) is 5.82 Å². The molecule has 3 N–H and O–H groups in total. The van der Waals surface area contributed by atoms with Crippen LogP contribution in [0.1, 0.15) is 45.1 Å². The molecule has 0 spiro atoms. The number of aromatic nitrogens is 3. The van der Waals surface area contributed by atoms with Gasteiger partial charge in [-0.2, -0.15) is 15.0 Å². The molecule has 0 aliphatic carbocycles. The highest BCUT2D eigenvalue weighted by atomic mass is 16.5. The molecule has 0 bridgehead atoms. The summed E-state index contributed by atoms with van der Waals surface area (Å²) in [6.45, 7) is 11.7. The zero-order chi connectivity index (χ0) is 23.0. The van der Waals surface area contributed by atoms with E-state index in [1.165, 1.54) is 5.56 Å². The second kappa shape index (κ2) is 15.5. The maximum Gasteiger partial charge on any atom is 0.230 e. The van der Waals surface area contributed by atoms with E-state index in [0.717, 1.165) is 50.3 Å². The van der Waals surface area contributed by atoms with Crippen LogP contribution in [0.5, 0.6) is 0 Å². The number of nitrogens with one attached hydrogen (secondary N) is 1. The molecule has 0 saturated carbocycles. The van der Waals surface area contributed by atoms with Crippen molar-refractivity contribution in [3.63, 3.8) is 0 Å². The topological polar surface area (TPSA) is 98.4 Å². The Hall–Kier alpha value is -2.29. The van der Waals surface area contributed by atoms with E-state index in [2.05, 4.69) is 60.2 Å². The van der Waals surface area contributed by atoms with Gasteiger partial charge >= 0.3 is 0 Å². The van der Waals surface area contributed by atoms with Crippen molar-refractivity contribution in [1.29, 1.82) is 0 Å². The molecule has 0 aliphatic heterocycles. The second-order valence-electron chi connectivity index (χ2n) is 7.78. The molecule has 1 aromatic carbocycles. The molecular formula is C24H40N6O2. The average Bonchev–Trinajstić information content (AvgIpc) is 2.81. The van der Waals surface area contributed by atoms with E-state index in [9.17, 15) is 0 Å². The first-order chi connectivity index (χ1) is 15.7. The Kier molecular flexibility index (Phi) is 12.6. The van der Waals surface area contributed by atoms with Gasteiger partial charge in [0.2, 0.25) is 11.9 Å². The number of unbranched alkanes of at least 4 members (excludes halogenated alkanes) is 2. The molecule has 32 heavy (non-hydrogen) atoms. The Morgan fingerprint density at radius 1 is 0.875 bits per heavy atom. The highest BCUT2D eigenvalue weighted by Crippen LogP contribution is 2.21. The van der Waals surface area contributed by atoms with E-state index in [-0.39, 0.29) is 0 Å². The van der Waals surface area contributed by atoms with Crippen molar-refractivity contribution in [2.24, 2.45) is 5.73 Å². The van der Waals surface area contributed by atoms with E-state index in [0.29, 0.717) is 51.3 Å². The molecule has 0 amide bonds. The molecule has 0 atom stereocenters. The molecule has 178 valence electrons. The smallest absolute Gasteiger partial charge is 0.230 e. The van der Waals surface area contributed by atoms with Crippen molar-refractivity contribution in [3.05, 3.63) is 29.8 Å². The number of benzene rings is 1. The van der Waals surface area contributed by atoms with Crippen LogP contribution in [0.3, 0.4) is 0 Å². The summed E-state index contributed by atoms with van der Waals surface area (Å²) in [5.74, 6) is 1.99. The zero-order valence-electron chi connectivity index (χ0n) is 20.0. The number of nitrogens with two attached hydrogens (primary N) is 1. The van der Waals surface area contributed by atoms with Crippen molar-refractivity contribution in [2.75, 3.05) is 62.8 Å². The van der Waals surface area contributed by atoms with Crippen molar-refractivity contribution >= 4 is 11.9 Å². The third kappa shape index (κ3) is 9.46. The summed E-state index contributed by atoms with van der Waals surface area (Å²) >= 11 is 0. The molecule has 8 heteroatoms. The lowest BCUT2D eigenvalue weighted by molar-refractivity contribution is 0.0547. The summed E-state index contributed by atoms with van der Waals surface area (Å²) in [6, 6.07) is 8.28. The number of nitrogens with zero attached hydrogens (tertiary/aromatic N) is 4. The lowest BCUT2D eigenvalue weighted by Crippen LogP contribution is -2.28. The van der Waals surface area contributed by atoms with E-state index in [1.807, 2.05) is 0 Å². The molecule has 0 fully saturated rings. The first kappa shape index (κ1) is 26.0. The second-order valence-corrected chi connectivity index (χ2v) is 7.78. The number of aryl methyl sites for hydroxylation is 1. The van der Waals surface area contributed by atoms with Gasteiger partial charge in [0, 0.05) is 31.7 Å². The van der Waals surface area contributed by atoms with Crippen LogP contribution >= 0.6 is 0 Å². The van der Waals surface area contributed by atoms with Crippen LogP contribution in [0.2, 0.25) is 0 Å². The van der Waals surface area contributed by atoms with Crippen LogP contribution in [-0.4, -0.2) is 67.6 Å². The van der Waals surface area contributed by atoms with E-state index < -0.39 is 0 Å². The van der Waals surface area contributed by atoms with Crippen LogP contribution in [0.25, 0.3) is 11.4 Å². The number of anilines is 2. The van der Waals surface area contributed by atoms with Crippen LogP contribution in [0, 0.1) is 6.92 Å². The molecule has 0 radical (unpaired) electrons. The predicted molar refractivity (Wildman–Crippen MR) is 131 cm³/mol. The zero-order valence-corrected chi connectivity index (χ0v) is 20.0. The van der Waals surface area contributed by atoms with Crippen molar-refractivity contribution in [1.82, 2.24) is 15.0 Å². The third-order valence-corrected chi connectivity index (χ3v) is 4.94. The predicted octanol–water partition coefficient (Wildman–Crippen LogP) is 3.66. The summed E-state index contributed by atoms with van der Waals surface area (Å²) < 4.78 is 10.9. The number of hydrogen-bond acceptors (Lipinski definition) is 8. The molecule has 2 rings (SSSR count). The Morgan fingerprint density at radius 3 is 2.16 bits per heavy atom. The van der Waals surface area contributed by atoms with Gasteiger partial charge < -0.3 is 25.4 Å². The van der Waals surface area contributed by atoms with Crippen LogP contribution < -0.4 is 16.0 Å². The van der Waals surface area contributed by atoms with E-state index in [1.54, 1.807) is 0 Å². The maximum atomic E-state index is 5.60. The van der Waals surface area contributed by atoms with Gasteiger partial charge in [-0.1, -0.05) is 56.5 Å². The summed E-state index contributed by atoms with van der Waals surface area (Å²) in [4.78, 5) is 16.5. The number of ether oxygens (including phenoxy) is 2. The minimum Gasteiger partial charge on any atom is -0.378 e. The van der Waals surface area contributed by atoms with E-state index in [4.69, 9.17) is 25.2 Å². The molecule has 0 saturated heterocycles. The summed E-state index contributed by atoms with van der Waals surface area (Å²) in [5, 5.41) is 3.30. The van der Waals surface area contributed by atoms with Gasteiger partial charge in [0.25, 0.3) is 0 Å². The monoisotopic (exact) mass is 444 g/mol. The summed E-state index contributed by atoms with van der Waals surface area (Å²) in [7, 11) is 0. The number of rotatable bonds is 17. The first-order valence-electron chi connectivity index (χ1n) is 11.8. The molecule has 1 heterocycles. The minimum absolute atomic E-state index is 0.528. The Labute approximate surface area is 192 Å². The Bertz CT molecular complexity index is 749. The molecule has 1 aromatic heterocycles. The Balaban J connectivity index is 2.11. The fourth-order valence-corrected chi connectivity index (χ4v) is 3.07. The lowest BCUT2D eigenvalue weighted by Gasteiger charge is -2.23. The third-order valence-electron chi connectivity index (χ3n) is 4.94. The lowest BCUT2D eigenvalue weighted by atomic mass is 10.1. The van der Waals surface area contributed by atoms with Gasteiger partial charge in [-0.3, -0.25) is 0 Å². The van der Waals surface area contributed by atoms with Crippen LogP contribution in [0.4, 0.5) is 11.9 Å². The average molecular weight is 445 g/mol. The van der Waals surface area contributed by atoms with Gasteiger partial charge in [-0.25, -0.2) is 0 Å². The SMILES string of the molecule is CCCCN(CCCC)c1nc(NCCOCCOCCN)nc(-c2ccc(C)cc2)n1. The molecule has 0 aliphatic rings. The molecular weight excluding hydrogens is 404 g/mol. The Morgan fingerprint density at radius 2 is 1.53 bits per heavy atom. The van der Waals surface area contributed by atoms with Crippen molar-refractivity contribution in [2.45, 2.75) is 46.5 Å². The maximum absolute atomic E-state index is 5.60. The highest BCUT2D eigenvalue weighted by molar-refractivity contribution is 5.58. The molecule has 8 nitrogen and oxygen atoms in total. The fourth-order valence-electron chi connectivity index (χ4n) is 3.07. The highest BCUT2D eigenvalue weighted by Gasteiger charge is 2.14. The van der Waals surface area contributed by atoms with Crippen LogP contribution in [-0.2, 0) is 9.47 Å². The minimum atomic E-state index is 0.528. The van der Waals surface area contributed by atoms with Crippen molar-refractivity contribution in [3.8, 4) is 11.4 Å². The van der Waals surface area contributed by atoms with Crippen molar-refractivity contribution < 1.29 is 9.47 Å².